The first-order chi connectivity index (χ1) is 8.81. The smallest absolute Gasteiger partial charge is 0.0615 e. The number of halogens is 1. The molecule has 0 radical (unpaired) electrons. The Morgan fingerprint density at radius 2 is 2.28 bits per heavy atom. The summed E-state index contributed by atoms with van der Waals surface area (Å²) in [5.74, 6) is 0.605. The zero-order valence-electron chi connectivity index (χ0n) is 10.4. The van der Waals surface area contributed by atoms with E-state index < -0.39 is 0 Å². The molecule has 2 heterocycles. The Bertz CT molecular complexity index is 536. The van der Waals surface area contributed by atoms with Gasteiger partial charge in [-0.3, -0.25) is 0 Å². The van der Waals surface area contributed by atoms with Gasteiger partial charge in [0.05, 0.1) is 6.10 Å². The minimum atomic E-state index is 0.410. The lowest BCUT2D eigenvalue weighted by molar-refractivity contribution is 0.0873. The van der Waals surface area contributed by atoms with Gasteiger partial charge in [-0.15, -0.1) is 11.3 Å². The third kappa shape index (κ3) is 2.13. The number of hydrogen-bond acceptors (Lipinski definition) is 2. The van der Waals surface area contributed by atoms with Crippen molar-refractivity contribution < 1.29 is 4.74 Å². The highest BCUT2D eigenvalue weighted by atomic mass is 79.9. The van der Waals surface area contributed by atoms with E-state index in [0.29, 0.717) is 16.8 Å². The van der Waals surface area contributed by atoms with Crippen molar-refractivity contribution in [1.82, 2.24) is 0 Å². The summed E-state index contributed by atoms with van der Waals surface area (Å²) >= 11 is 5.76. The summed E-state index contributed by atoms with van der Waals surface area (Å²) in [6.45, 7) is 3.13. The van der Waals surface area contributed by atoms with Crippen LogP contribution in [-0.2, 0) is 4.74 Å². The van der Waals surface area contributed by atoms with E-state index in [2.05, 4.69) is 52.5 Å². The third-order valence-corrected chi connectivity index (χ3v) is 6.00. The molecule has 0 N–H and O–H groups in total. The van der Waals surface area contributed by atoms with Crippen LogP contribution in [0.2, 0.25) is 0 Å². The number of fused-ring (bicyclic) bond motifs is 1. The van der Waals surface area contributed by atoms with Crippen LogP contribution in [0.15, 0.2) is 29.6 Å². The molecule has 3 unspecified atom stereocenters. The van der Waals surface area contributed by atoms with Gasteiger partial charge < -0.3 is 4.74 Å². The van der Waals surface area contributed by atoms with Gasteiger partial charge in [0.15, 0.2) is 0 Å². The minimum absolute atomic E-state index is 0.410. The maximum atomic E-state index is 5.82. The molecule has 3 heteroatoms. The molecule has 1 saturated heterocycles. The van der Waals surface area contributed by atoms with Crippen LogP contribution in [0.1, 0.15) is 30.2 Å². The Kier molecular flexibility index (Phi) is 3.73. The summed E-state index contributed by atoms with van der Waals surface area (Å²) in [6.07, 6.45) is 2.68. The summed E-state index contributed by atoms with van der Waals surface area (Å²) in [7, 11) is 0. The van der Waals surface area contributed by atoms with Gasteiger partial charge in [0.2, 0.25) is 0 Å². The van der Waals surface area contributed by atoms with Gasteiger partial charge in [-0.25, -0.2) is 0 Å². The molecule has 3 rings (SSSR count). The van der Waals surface area contributed by atoms with Gasteiger partial charge in [-0.2, -0.15) is 0 Å². The van der Waals surface area contributed by atoms with E-state index in [9.17, 15) is 0 Å². The number of thiophene rings is 1. The molecule has 1 fully saturated rings. The lowest BCUT2D eigenvalue weighted by atomic mass is 9.91. The normalized spacial score (nSPS) is 25.7. The van der Waals surface area contributed by atoms with Gasteiger partial charge in [0, 0.05) is 22.1 Å². The van der Waals surface area contributed by atoms with Crippen LogP contribution in [0.3, 0.4) is 0 Å². The number of ether oxygens (including phenoxy) is 1. The summed E-state index contributed by atoms with van der Waals surface area (Å²) in [5.41, 5.74) is 1.43. The fourth-order valence-corrected chi connectivity index (χ4v) is 5.02. The van der Waals surface area contributed by atoms with E-state index in [1.165, 1.54) is 22.1 Å². The van der Waals surface area contributed by atoms with Crippen molar-refractivity contribution >= 4 is 37.4 Å². The van der Waals surface area contributed by atoms with Gasteiger partial charge in [0.25, 0.3) is 0 Å². The van der Waals surface area contributed by atoms with E-state index >= 15 is 0 Å². The van der Waals surface area contributed by atoms with Gasteiger partial charge >= 0.3 is 0 Å². The second-order valence-electron chi connectivity index (χ2n) is 4.86. The van der Waals surface area contributed by atoms with E-state index in [1.807, 2.05) is 11.3 Å². The monoisotopic (exact) mass is 324 g/mol. The standard InChI is InChI=1S/C15H17BrOS/c1-2-13-11(7-8-17-13)15(16)12-9-18-14-6-4-3-5-10(12)14/h3-6,9,11,13,15H,2,7-8H2,1H3. The Balaban J connectivity index is 1.94. The molecule has 3 atom stereocenters. The number of alkyl halides is 1. The largest absolute Gasteiger partial charge is 0.378 e. The van der Waals surface area contributed by atoms with Crippen molar-refractivity contribution in [2.75, 3.05) is 6.61 Å². The predicted octanol–water partition coefficient (Wildman–Crippen LogP) is 5.15. The van der Waals surface area contributed by atoms with Crippen molar-refractivity contribution in [2.45, 2.75) is 30.7 Å². The molecule has 0 amide bonds. The SMILES string of the molecule is CCC1OCCC1C(Br)c1csc2ccccc12. The second kappa shape index (κ2) is 5.32. The lowest BCUT2D eigenvalue weighted by Crippen LogP contribution is -2.18. The summed E-state index contributed by atoms with van der Waals surface area (Å²) in [5, 5.41) is 3.70. The van der Waals surface area contributed by atoms with Gasteiger partial charge in [0.1, 0.15) is 0 Å². The van der Waals surface area contributed by atoms with Crippen molar-refractivity contribution in [3.8, 4) is 0 Å². The second-order valence-corrected chi connectivity index (χ2v) is 6.76. The van der Waals surface area contributed by atoms with Crippen LogP contribution in [0.25, 0.3) is 10.1 Å². The Labute approximate surface area is 120 Å². The van der Waals surface area contributed by atoms with E-state index in [0.717, 1.165) is 13.0 Å². The molecule has 0 spiro atoms. The Hall–Kier alpha value is -0.380. The predicted molar refractivity (Wildman–Crippen MR) is 81.6 cm³/mol. The number of benzene rings is 1. The third-order valence-electron chi connectivity index (χ3n) is 3.85. The first-order valence-electron chi connectivity index (χ1n) is 6.53. The Morgan fingerprint density at radius 1 is 1.44 bits per heavy atom. The maximum Gasteiger partial charge on any atom is 0.0615 e. The van der Waals surface area contributed by atoms with Crippen LogP contribution in [0.4, 0.5) is 0 Å². The van der Waals surface area contributed by atoms with Crippen LogP contribution in [-0.4, -0.2) is 12.7 Å². The molecule has 1 aliphatic heterocycles. The molecule has 96 valence electrons. The van der Waals surface area contributed by atoms with Crippen molar-refractivity contribution in [3.63, 3.8) is 0 Å². The van der Waals surface area contributed by atoms with Crippen molar-refractivity contribution in [2.24, 2.45) is 5.92 Å². The minimum Gasteiger partial charge on any atom is -0.378 e. The first kappa shape index (κ1) is 12.6. The average molecular weight is 325 g/mol. The van der Waals surface area contributed by atoms with E-state index in [4.69, 9.17) is 4.74 Å². The maximum absolute atomic E-state index is 5.82. The van der Waals surface area contributed by atoms with Crippen molar-refractivity contribution in [1.29, 1.82) is 0 Å². The van der Waals surface area contributed by atoms with Crippen LogP contribution < -0.4 is 0 Å². The van der Waals surface area contributed by atoms with Crippen LogP contribution in [0.5, 0.6) is 0 Å². The highest BCUT2D eigenvalue weighted by molar-refractivity contribution is 9.09. The number of rotatable bonds is 3. The topological polar surface area (TPSA) is 9.23 Å². The fourth-order valence-electron chi connectivity index (χ4n) is 2.86. The molecule has 18 heavy (non-hydrogen) atoms. The highest BCUT2D eigenvalue weighted by Crippen LogP contribution is 2.44. The van der Waals surface area contributed by atoms with Gasteiger partial charge in [-0.1, -0.05) is 41.1 Å². The molecule has 1 aliphatic rings. The van der Waals surface area contributed by atoms with Crippen LogP contribution in [0, 0.1) is 5.92 Å². The fraction of sp³-hybridized carbons (Fsp3) is 0.467. The molecular weight excluding hydrogens is 308 g/mol. The molecule has 2 aromatic rings. The first-order valence-corrected chi connectivity index (χ1v) is 8.32. The summed E-state index contributed by atoms with van der Waals surface area (Å²) in [4.78, 5) is 0.418. The molecule has 1 aromatic carbocycles. The van der Waals surface area contributed by atoms with E-state index in [-0.39, 0.29) is 0 Å². The highest BCUT2D eigenvalue weighted by Gasteiger charge is 2.33. The molecular formula is C15H17BrOS. The molecule has 0 saturated carbocycles. The number of hydrogen-bond donors (Lipinski definition) is 0. The molecule has 1 nitrogen and oxygen atoms in total. The quantitative estimate of drug-likeness (QED) is 0.709. The Morgan fingerprint density at radius 3 is 3.11 bits per heavy atom. The van der Waals surface area contributed by atoms with Gasteiger partial charge in [-0.05, 0) is 35.2 Å². The molecule has 1 aromatic heterocycles. The summed E-state index contributed by atoms with van der Waals surface area (Å²) in [6, 6.07) is 8.66. The van der Waals surface area contributed by atoms with Crippen LogP contribution >= 0.6 is 27.3 Å². The summed E-state index contributed by atoms with van der Waals surface area (Å²) < 4.78 is 7.20. The zero-order chi connectivity index (χ0) is 12.5. The van der Waals surface area contributed by atoms with E-state index in [1.54, 1.807) is 0 Å². The lowest BCUT2D eigenvalue weighted by Gasteiger charge is -2.22. The van der Waals surface area contributed by atoms with Crippen molar-refractivity contribution in [3.05, 3.63) is 35.2 Å². The average Bonchev–Trinajstić information content (AvgIpc) is 3.04. The molecule has 0 aliphatic carbocycles. The zero-order valence-corrected chi connectivity index (χ0v) is 12.8. The molecule has 0 bridgehead atoms.